The molecule has 4 aromatic heterocycles. The van der Waals surface area contributed by atoms with Crippen molar-refractivity contribution in [2.45, 2.75) is 0 Å². The van der Waals surface area contributed by atoms with Gasteiger partial charge in [-0.2, -0.15) is 38.6 Å². The van der Waals surface area contributed by atoms with Crippen LogP contribution < -0.4 is 31.3 Å². The Hall–Kier alpha value is -2.43. The van der Waals surface area contributed by atoms with Gasteiger partial charge in [0.25, 0.3) is 5.95 Å². The fourth-order valence-corrected chi connectivity index (χ4v) is 3.84. The third-order valence-electron chi connectivity index (χ3n) is 4.36. The minimum Gasteiger partial charge on any atom is -1.00 e. The standard InChI is InChI=1S/C6Cl4N2.C6Cl3FN2.C6Cl2F2N2.C6F4N2.ClH.Li/c2*7-3-2(1-11)12-6(10)5(9)4(3)8;7-3-4(8)6(10)12-2(1-11)5(3)9;7-3-2(1-11)12-6(10)5(9)4(3)8;;/h;;;;1H;/q;;;;;+1/p-1. The zero-order chi connectivity index (χ0) is 37.2. The molecule has 26 heteroatoms. The summed E-state index contributed by atoms with van der Waals surface area (Å²) in [4.78, 5) is 12.2. The van der Waals surface area contributed by atoms with Crippen molar-refractivity contribution in [2.24, 2.45) is 0 Å². The minimum absolute atomic E-state index is 0. The first-order valence-corrected chi connectivity index (χ1v) is 14.1. The Labute approximate surface area is 338 Å². The van der Waals surface area contributed by atoms with Crippen LogP contribution in [0.25, 0.3) is 0 Å². The van der Waals surface area contributed by atoms with Gasteiger partial charge >= 0.3 is 18.9 Å². The number of aromatic nitrogens is 4. The minimum atomic E-state index is -2.03. The molecule has 256 valence electrons. The fourth-order valence-electron chi connectivity index (χ4n) is 2.25. The Bertz CT molecular complexity index is 1790. The molecule has 0 spiro atoms. The van der Waals surface area contributed by atoms with Gasteiger partial charge in [-0.3, -0.25) is 0 Å². The van der Waals surface area contributed by atoms with Gasteiger partial charge in [-0.05, 0) is 0 Å². The summed E-state index contributed by atoms with van der Waals surface area (Å²) in [6.07, 6.45) is 0. The molecule has 0 N–H and O–H groups in total. The Kier molecular flexibility index (Phi) is 22.3. The largest absolute Gasteiger partial charge is 1.00 e. The Balaban J connectivity index is 0. The van der Waals surface area contributed by atoms with E-state index in [0.29, 0.717) is 0 Å². The molecule has 50 heavy (non-hydrogen) atoms. The summed E-state index contributed by atoms with van der Waals surface area (Å²) in [5, 5.41) is 31.3. The Morgan fingerprint density at radius 2 is 0.700 bits per heavy atom. The summed E-state index contributed by atoms with van der Waals surface area (Å²) < 4.78 is 86.9. The molecule has 0 aliphatic rings. The average molecular weight is 895 g/mol. The van der Waals surface area contributed by atoms with Gasteiger partial charge in [0.15, 0.2) is 39.6 Å². The second kappa shape index (κ2) is 22.5. The molecule has 4 heterocycles. The first kappa shape index (κ1) is 49.7. The van der Waals surface area contributed by atoms with Gasteiger partial charge in [0.05, 0.1) is 25.1 Å². The van der Waals surface area contributed by atoms with Crippen molar-refractivity contribution in [3.63, 3.8) is 0 Å². The molecular formula is C24Cl10F7LiN8. The van der Waals surface area contributed by atoms with E-state index in [-0.39, 0.29) is 77.9 Å². The van der Waals surface area contributed by atoms with Gasteiger partial charge in [-0.1, -0.05) is 104 Å². The predicted octanol–water partition coefficient (Wildman–Crippen LogP) is 4.68. The maximum Gasteiger partial charge on any atom is 1.00 e. The van der Waals surface area contributed by atoms with Crippen LogP contribution >= 0.6 is 104 Å². The van der Waals surface area contributed by atoms with E-state index in [4.69, 9.17) is 125 Å². The summed E-state index contributed by atoms with van der Waals surface area (Å²) in [5.74, 6) is -10.9. The molecule has 0 fully saturated rings. The number of hydrogen-bond acceptors (Lipinski definition) is 8. The second-order valence-electron chi connectivity index (χ2n) is 7.22. The Morgan fingerprint density at radius 1 is 0.360 bits per heavy atom. The molecule has 4 rings (SSSR count). The van der Waals surface area contributed by atoms with E-state index < -0.39 is 62.5 Å². The predicted molar refractivity (Wildman–Crippen MR) is 161 cm³/mol. The third kappa shape index (κ3) is 12.4. The monoisotopic (exact) mass is 890 g/mol. The zero-order valence-electron chi connectivity index (χ0n) is 23.0. The van der Waals surface area contributed by atoms with Crippen molar-refractivity contribution < 1.29 is 62.0 Å². The molecule has 0 bridgehead atoms. The topological polar surface area (TPSA) is 147 Å². The van der Waals surface area contributed by atoms with Crippen molar-refractivity contribution >= 4 is 104 Å². The number of pyridine rings is 4. The van der Waals surface area contributed by atoms with Crippen LogP contribution in [0.5, 0.6) is 0 Å². The quantitative estimate of drug-likeness (QED) is 0.141. The van der Waals surface area contributed by atoms with Crippen LogP contribution in [-0.4, -0.2) is 19.9 Å². The van der Waals surface area contributed by atoms with E-state index in [2.05, 4.69) is 19.9 Å². The number of halogens is 17. The summed E-state index contributed by atoms with van der Waals surface area (Å²) >= 11 is 49.1. The molecule has 8 nitrogen and oxygen atoms in total. The molecule has 4 aromatic rings. The molecule has 0 aliphatic carbocycles. The van der Waals surface area contributed by atoms with Crippen LogP contribution in [0.2, 0.25) is 45.3 Å². The molecule has 0 aromatic carbocycles. The van der Waals surface area contributed by atoms with Crippen molar-refractivity contribution in [2.75, 3.05) is 0 Å². The van der Waals surface area contributed by atoms with Crippen molar-refractivity contribution in [1.29, 1.82) is 21.0 Å². The van der Waals surface area contributed by atoms with E-state index in [9.17, 15) is 30.7 Å². The van der Waals surface area contributed by atoms with Crippen molar-refractivity contribution in [3.05, 3.63) is 109 Å². The number of nitrogens with zero attached hydrogens (tertiary/aromatic N) is 8. The first-order chi connectivity index (χ1) is 22.3. The summed E-state index contributed by atoms with van der Waals surface area (Å²) in [7, 11) is 0. The number of nitriles is 4. The van der Waals surface area contributed by atoms with Crippen LogP contribution in [0.4, 0.5) is 30.7 Å². The number of hydrogen-bond donors (Lipinski definition) is 0. The molecule has 0 atom stereocenters. The van der Waals surface area contributed by atoms with Gasteiger partial charge in [-0.15, -0.1) is 0 Å². The number of rotatable bonds is 0. The molecule has 0 saturated heterocycles. The van der Waals surface area contributed by atoms with Gasteiger partial charge in [0.2, 0.25) is 23.5 Å². The van der Waals surface area contributed by atoms with Crippen LogP contribution in [-0.2, 0) is 0 Å². The van der Waals surface area contributed by atoms with Crippen LogP contribution in [0.3, 0.4) is 0 Å². The SMILES string of the molecule is N#Cc1nc(Cl)c(Cl)c(Cl)c1Cl.N#Cc1nc(F)c(Cl)c(Cl)c1Cl.N#Cc1nc(F)c(Cl)c(Cl)c1F.N#Cc1nc(F)c(F)c(F)c1F.[Cl-].[Li+]. The second-order valence-corrected chi connectivity index (χ2v) is 10.6. The summed E-state index contributed by atoms with van der Waals surface area (Å²) in [5.41, 5.74) is -2.12. The van der Waals surface area contributed by atoms with E-state index >= 15 is 0 Å². The third-order valence-corrected chi connectivity index (χ3v) is 8.12. The van der Waals surface area contributed by atoms with Crippen molar-refractivity contribution in [1.82, 2.24) is 19.9 Å². The molecule has 0 aliphatic heterocycles. The van der Waals surface area contributed by atoms with E-state index in [1.807, 2.05) is 0 Å². The summed E-state index contributed by atoms with van der Waals surface area (Å²) in [6, 6.07) is 5.72. The molecule has 0 radical (unpaired) electrons. The maximum absolute atomic E-state index is 12.8. The van der Waals surface area contributed by atoms with Gasteiger partial charge in [0.1, 0.15) is 39.3 Å². The van der Waals surface area contributed by atoms with Crippen LogP contribution in [0, 0.1) is 86.4 Å². The van der Waals surface area contributed by atoms with E-state index in [1.54, 1.807) is 12.1 Å². The molecule has 0 saturated carbocycles. The molecule has 0 unspecified atom stereocenters. The van der Waals surface area contributed by atoms with Crippen molar-refractivity contribution in [3.8, 4) is 24.3 Å². The van der Waals surface area contributed by atoms with E-state index in [1.165, 1.54) is 6.07 Å². The Morgan fingerprint density at radius 3 is 1.14 bits per heavy atom. The van der Waals surface area contributed by atoms with E-state index in [0.717, 1.165) is 6.07 Å². The smallest absolute Gasteiger partial charge is 1.00 e. The first-order valence-electron chi connectivity index (χ1n) is 10.7. The van der Waals surface area contributed by atoms with Gasteiger partial charge < -0.3 is 12.4 Å². The maximum atomic E-state index is 12.8. The molecular weight excluding hydrogens is 895 g/mol. The van der Waals surface area contributed by atoms with Gasteiger partial charge in [-0.25, -0.2) is 33.1 Å². The normalized spacial score (nSPS) is 9.20. The van der Waals surface area contributed by atoms with Crippen LogP contribution in [0.1, 0.15) is 22.8 Å². The zero-order valence-corrected chi connectivity index (χ0v) is 30.6. The average Bonchev–Trinajstić information content (AvgIpc) is 3.08. The van der Waals surface area contributed by atoms with Crippen LogP contribution in [0.15, 0.2) is 0 Å². The molecule has 0 amide bonds. The fraction of sp³-hybridized carbons (Fsp3) is 0. The van der Waals surface area contributed by atoms with Gasteiger partial charge in [0, 0.05) is 0 Å². The summed E-state index contributed by atoms with van der Waals surface area (Å²) in [6.45, 7) is 0.